The van der Waals surface area contributed by atoms with Crippen LogP contribution in [0.25, 0.3) is 0 Å². The van der Waals surface area contributed by atoms with Crippen molar-refractivity contribution in [1.82, 2.24) is 5.32 Å². The van der Waals surface area contributed by atoms with E-state index in [0.29, 0.717) is 0 Å². The van der Waals surface area contributed by atoms with Crippen molar-refractivity contribution < 1.29 is 9.59 Å². The molecule has 0 saturated heterocycles. The summed E-state index contributed by atoms with van der Waals surface area (Å²) in [5.74, 6) is 0.410. The van der Waals surface area contributed by atoms with E-state index in [0.717, 1.165) is 29.4 Å². The number of benzene rings is 2. The van der Waals surface area contributed by atoms with Gasteiger partial charge in [-0.1, -0.05) is 57.0 Å². The predicted octanol–water partition coefficient (Wildman–Crippen LogP) is 4.61. The molecule has 2 amide bonds. The molecule has 1 atom stereocenters. The van der Waals surface area contributed by atoms with Crippen LogP contribution in [0, 0.1) is 11.8 Å². The Balaban J connectivity index is 1.51. The van der Waals surface area contributed by atoms with E-state index < -0.39 is 6.04 Å². The summed E-state index contributed by atoms with van der Waals surface area (Å²) in [4.78, 5) is 25.2. The van der Waals surface area contributed by atoms with E-state index >= 15 is 0 Å². The maximum absolute atomic E-state index is 12.8. The van der Waals surface area contributed by atoms with Gasteiger partial charge in [-0.05, 0) is 54.5 Å². The van der Waals surface area contributed by atoms with E-state index in [4.69, 9.17) is 0 Å². The number of rotatable bonds is 9. The summed E-state index contributed by atoms with van der Waals surface area (Å²) < 4.78 is 0. The molecule has 3 rings (SSSR count). The number of hydrogen-bond acceptors (Lipinski definition) is 3. The molecule has 1 unspecified atom stereocenters. The molecule has 5 nitrogen and oxygen atoms in total. The minimum absolute atomic E-state index is 0.0166. The summed E-state index contributed by atoms with van der Waals surface area (Å²) in [7, 11) is 0. The molecular formula is C25H33N3O2. The highest BCUT2D eigenvalue weighted by Crippen LogP contribution is 2.25. The summed E-state index contributed by atoms with van der Waals surface area (Å²) in [6.07, 6.45) is 5.58. The van der Waals surface area contributed by atoms with Gasteiger partial charge < -0.3 is 16.0 Å². The van der Waals surface area contributed by atoms with E-state index in [9.17, 15) is 9.59 Å². The van der Waals surface area contributed by atoms with Crippen LogP contribution in [0.1, 0.15) is 45.1 Å². The second-order valence-electron chi connectivity index (χ2n) is 8.55. The van der Waals surface area contributed by atoms with Gasteiger partial charge in [0.05, 0.1) is 6.42 Å². The minimum atomic E-state index is -0.582. The number of carbonyl (C=O) groups excluding carboxylic acids is 2. The van der Waals surface area contributed by atoms with Crippen LogP contribution in [0.15, 0.2) is 54.6 Å². The molecule has 0 spiro atoms. The van der Waals surface area contributed by atoms with E-state index in [1.807, 2.05) is 68.4 Å². The fraction of sp³-hybridized carbons (Fsp3) is 0.440. The van der Waals surface area contributed by atoms with E-state index in [1.54, 1.807) is 0 Å². The molecule has 0 bridgehead atoms. The van der Waals surface area contributed by atoms with Crippen molar-refractivity contribution in [3.8, 4) is 0 Å². The quantitative estimate of drug-likeness (QED) is 0.568. The zero-order valence-corrected chi connectivity index (χ0v) is 18.0. The first-order valence-electron chi connectivity index (χ1n) is 11.0. The predicted molar refractivity (Wildman–Crippen MR) is 122 cm³/mol. The molecular weight excluding hydrogens is 374 g/mol. The normalized spacial score (nSPS) is 15.0. The second kappa shape index (κ2) is 10.8. The monoisotopic (exact) mass is 407 g/mol. The van der Waals surface area contributed by atoms with E-state index in [2.05, 4.69) is 16.0 Å². The molecule has 1 fully saturated rings. The highest BCUT2D eigenvalue weighted by atomic mass is 16.2. The maximum Gasteiger partial charge on any atom is 0.247 e. The summed E-state index contributed by atoms with van der Waals surface area (Å²) in [5.41, 5.74) is 2.73. The zero-order valence-electron chi connectivity index (χ0n) is 18.0. The standard InChI is InChI=1S/C25H33N3O2/c1-18(2)24(28-23(29)16-19-8-4-3-5-9-19)25(30)27-22-14-12-21(13-15-22)26-17-20-10-6-7-11-20/h3-5,8-9,12-15,18,20,24,26H,6-7,10-11,16-17H2,1-2H3,(H,27,30)(H,28,29). The zero-order chi connectivity index (χ0) is 21.3. The van der Waals surface area contributed by atoms with Gasteiger partial charge in [-0.3, -0.25) is 9.59 Å². The van der Waals surface area contributed by atoms with Gasteiger partial charge in [-0.2, -0.15) is 0 Å². The van der Waals surface area contributed by atoms with Crippen molar-refractivity contribution in [2.75, 3.05) is 17.2 Å². The number of anilines is 2. The van der Waals surface area contributed by atoms with Gasteiger partial charge in [-0.25, -0.2) is 0 Å². The van der Waals surface area contributed by atoms with Gasteiger partial charge in [0, 0.05) is 17.9 Å². The average molecular weight is 408 g/mol. The highest BCUT2D eigenvalue weighted by Gasteiger charge is 2.24. The summed E-state index contributed by atoms with van der Waals surface area (Å²) in [5, 5.41) is 9.31. The summed E-state index contributed by atoms with van der Waals surface area (Å²) in [6, 6.07) is 16.7. The molecule has 30 heavy (non-hydrogen) atoms. The second-order valence-corrected chi connectivity index (χ2v) is 8.55. The Morgan fingerprint density at radius 2 is 1.57 bits per heavy atom. The Hall–Kier alpha value is -2.82. The first-order chi connectivity index (χ1) is 14.5. The van der Waals surface area contributed by atoms with Gasteiger partial charge in [-0.15, -0.1) is 0 Å². The molecule has 1 aliphatic carbocycles. The first kappa shape index (κ1) is 21.9. The number of amides is 2. The molecule has 2 aromatic rings. The lowest BCUT2D eigenvalue weighted by molar-refractivity contribution is -0.127. The third kappa shape index (κ3) is 6.61. The van der Waals surface area contributed by atoms with Gasteiger partial charge in [0.2, 0.25) is 11.8 Å². The largest absolute Gasteiger partial charge is 0.385 e. The van der Waals surface area contributed by atoms with Crippen LogP contribution < -0.4 is 16.0 Å². The van der Waals surface area contributed by atoms with Crippen molar-refractivity contribution in [2.24, 2.45) is 11.8 Å². The third-order valence-corrected chi connectivity index (χ3v) is 5.70. The molecule has 0 aliphatic heterocycles. The lowest BCUT2D eigenvalue weighted by Gasteiger charge is -2.22. The van der Waals surface area contributed by atoms with Crippen molar-refractivity contribution in [1.29, 1.82) is 0 Å². The lowest BCUT2D eigenvalue weighted by Crippen LogP contribution is -2.47. The summed E-state index contributed by atoms with van der Waals surface area (Å²) in [6.45, 7) is 4.88. The highest BCUT2D eigenvalue weighted by molar-refractivity contribution is 5.97. The Morgan fingerprint density at radius 3 is 2.20 bits per heavy atom. The number of carbonyl (C=O) groups is 2. The molecule has 160 valence electrons. The van der Waals surface area contributed by atoms with Gasteiger partial charge in [0.1, 0.15) is 6.04 Å². The van der Waals surface area contributed by atoms with Crippen LogP contribution in [-0.2, 0) is 16.0 Å². The Bertz CT molecular complexity index is 812. The van der Waals surface area contributed by atoms with E-state index in [1.165, 1.54) is 25.7 Å². The SMILES string of the molecule is CC(C)C(NC(=O)Cc1ccccc1)C(=O)Nc1ccc(NCC2CCCC2)cc1. The number of nitrogens with one attached hydrogen (secondary N) is 3. The van der Waals surface area contributed by atoms with Gasteiger partial charge in [0.25, 0.3) is 0 Å². The van der Waals surface area contributed by atoms with Crippen molar-refractivity contribution in [2.45, 2.75) is 52.0 Å². The topological polar surface area (TPSA) is 70.2 Å². The Labute approximate surface area is 179 Å². The fourth-order valence-electron chi connectivity index (χ4n) is 3.91. The molecule has 5 heteroatoms. The fourth-order valence-corrected chi connectivity index (χ4v) is 3.91. The minimum Gasteiger partial charge on any atom is -0.385 e. The van der Waals surface area contributed by atoms with Crippen LogP contribution >= 0.6 is 0 Å². The third-order valence-electron chi connectivity index (χ3n) is 5.70. The van der Waals surface area contributed by atoms with Crippen LogP contribution in [0.3, 0.4) is 0 Å². The van der Waals surface area contributed by atoms with Crippen molar-refractivity contribution in [3.63, 3.8) is 0 Å². The van der Waals surface area contributed by atoms with E-state index in [-0.39, 0.29) is 24.2 Å². The molecule has 0 heterocycles. The molecule has 3 N–H and O–H groups in total. The summed E-state index contributed by atoms with van der Waals surface area (Å²) >= 11 is 0. The van der Waals surface area contributed by atoms with Gasteiger partial charge in [0.15, 0.2) is 0 Å². The van der Waals surface area contributed by atoms with Crippen LogP contribution in [0.2, 0.25) is 0 Å². The average Bonchev–Trinajstić information content (AvgIpc) is 3.25. The molecule has 0 aromatic heterocycles. The lowest BCUT2D eigenvalue weighted by atomic mass is 10.0. The van der Waals surface area contributed by atoms with Crippen LogP contribution in [0.5, 0.6) is 0 Å². The number of hydrogen-bond donors (Lipinski definition) is 3. The van der Waals surface area contributed by atoms with Crippen LogP contribution in [-0.4, -0.2) is 24.4 Å². The molecule has 2 aromatic carbocycles. The molecule has 0 radical (unpaired) electrons. The smallest absolute Gasteiger partial charge is 0.247 e. The Morgan fingerprint density at radius 1 is 0.933 bits per heavy atom. The van der Waals surface area contributed by atoms with Crippen LogP contribution in [0.4, 0.5) is 11.4 Å². The maximum atomic E-state index is 12.8. The Kier molecular flexibility index (Phi) is 7.89. The van der Waals surface area contributed by atoms with Crippen molar-refractivity contribution in [3.05, 3.63) is 60.2 Å². The van der Waals surface area contributed by atoms with Gasteiger partial charge >= 0.3 is 0 Å². The molecule has 1 aliphatic rings. The molecule has 1 saturated carbocycles. The first-order valence-corrected chi connectivity index (χ1v) is 11.0. The van der Waals surface area contributed by atoms with Crippen molar-refractivity contribution >= 4 is 23.2 Å².